The van der Waals surface area contributed by atoms with Gasteiger partial charge in [-0.2, -0.15) is 0 Å². The normalized spacial score (nSPS) is 10.7. The molecule has 0 spiro atoms. The van der Waals surface area contributed by atoms with Crippen LogP contribution in [0.15, 0.2) is 18.3 Å². The molecule has 0 aliphatic heterocycles. The molecule has 0 atom stereocenters. The summed E-state index contributed by atoms with van der Waals surface area (Å²) in [5.41, 5.74) is 6.86. The van der Waals surface area contributed by atoms with Gasteiger partial charge in [0.25, 0.3) is 5.91 Å². The molecule has 1 amide bonds. The van der Waals surface area contributed by atoms with E-state index in [0.717, 1.165) is 31.6 Å². The molecule has 0 saturated carbocycles. The van der Waals surface area contributed by atoms with Crippen molar-refractivity contribution in [3.63, 3.8) is 0 Å². The Kier molecular flexibility index (Phi) is 7.07. The van der Waals surface area contributed by atoms with Crippen LogP contribution in [-0.2, 0) is 6.54 Å². The number of aromatic nitrogens is 1. The van der Waals surface area contributed by atoms with E-state index in [1.165, 1.54) is 0 Å². The molecule has 1 aromatic heterocycles. The van der Waals surface area contributed by atoms with E-state index in [1.807, 2.05) is 6.07 Å². The predicted molar refractivity (Wildman–Crippen MR) is 76.9 cm³/mol. The Morgan fingerprint density at radius 1 is 1.37 bits per heavy atom. The molecule has 0 fully saturated rings. The highest BCUT2D eigenvalue weighted by Crippen LogP contribution is 1.99. The van der Waals surface area contributed by atoms with E-state index in [2.05, 4.69) is 29.0 Å². The van der Waals surface area contributed by atoms with Crippen molar-refractivity contribution >= 4 is 5.91 Å². The van der Waals surface area contributed by atoms with Crippen molar-refractivity contribution < 1.29 is 4.79 Å². The fourth-order valence-electron chi connectivity index (χ4n) is 1.84. The van der Waals surface area contributed by atoms with E-state index in [4.69, 9.17) is 5.73 Å². The first-order valence-corrected chi connectivity index (χ1v) is 6.86. The smallest absolute Gasteiger partial charge is 0.269 e. The molecule has 106 valence electrons. The summed E-state index contributed by atoms with van der Waals surface area (Å²) >= 11 is 0. The maximum atomic E-state index is 11.8. The van der Waals surface area contributed by atoms with Crippen molar-refractivity contribution in [3.8, 4) is 0 Å². The number of nitrogens with zero attached hydrogens (tertiary/aromatic N) is 2. The van der Waals surface area contributed by atoms with Gasteiger partial charge in [0.05, 0.1) is 0 Å². The lowest BCUT2D eigenvalue weighted by Crippen LogP contribution is -2.35. The van der Waals surface area contributed by atoms with Crippen LogP contribution in [0, 0.1) is 0 Å². The number of likely N-dealkylation sites (N-methyl/N-ethyl adjacent to an activating group) is 1. The summed E-state index contributed by atoms with van der Waals surface area (Å²) in [6, 6.07) is 3.54. The van der Waals surface area contributed by atoms with Gasteiger partial charge < -0.3 is 16.0 Å². The zero-order valence-corrected chi connectivity index (χ0v) is 11.9. The maximum absolute atomic E-state index is 11.8. The van der Waals surface area contributed by atoms with Crippen LogP contribution in [-0.4, -0.2) is 42.0 Å². The summed E-state index contributed by atoms with van der Waals surface area (Å²) in [6.45, 7) is 8.32. The predicted octanol–water partition coefficient (Wildman–Crippen LogP) is 1.00. The number of nitrogens with two attached hydrogens (primary N) is 1. The summed E-state index contributed by atoms with van der Waals surface area (Å²) < 4.78 is 0. The average molecular weight is 264 g/mol. The van der Waals surface area contributed by atoms with Crippen molar-refractivity contribution in [2.24, 2.45) is 5.73 Å². The zero-order valence-electron chi connectivity index (χ0n) is 11.9. The quantitative estimate of drug-likeness (QED) is 0.735. The molecule has 0 unspecified atom stereocenters. The van der Waals surface area contributed by atoms with Gasteiger partial charge in [-0.1, -0.05) is 19.9 Å². The molecule has 0 aliphatic carbocycles. The Morgan fingerprint density at radius 3 is 2.68 bits per heavy atom. The Hall–Kier alpha value is -1.46. The SMILES string of the molecule is CCCN(CC)CCNC(=O)c1ccc(CN)cn1. The minimum Gasteiger partial charge on any atom is -0.349 e. The topological polar surface area (TPSA) is 71.2 Å². The number of rotatable bonds is 8. The van der Waals surface area contributed by atoms with Crippen molar-refractivity contribution in [1.29, 1.82) is 0 Å². The van der Waals surface area contributed by atoms with Crippen LogP contribution in [0.3, 0.4) is 0 Å². The highest BCUT2D eigenvalue weighted by atomic mass is 16.1. The van der Waals surface area contributed by atoms with Gasteiger partial charge in [-0.15, -0.1) is 0 Å². The average Bonchev–Trinajstić information content (AvgIpc) is 2.46. The standard InChI is InChI=1S/C14H24N4O/c1-3-8-18(4-2)9-7-16-14(19)13-6-5-12(10-15)11-17-13/h5-6,11H,3-4,7-10,15H2,1-2H3,(H,16,19). The number of carbonyl (C=O) groups is 1. The van der Waals surface area contributed by atoms with Crippen LogP contribution in [0.25, 0.3) is 0 Å². The Labute approximate surface area is 115 Å². The van der Waals surface area contributed by atoms with E-state index in [0.29, 0.717) is 18.8 Å². The molecule has 1 aromatic rings. The first-order valence-electron chi connectivity index (χ1n) is 6.86. The molecule has 1 rings (SSSR count). The first kappa shape index (κ1) is 15.6. The van der Waals surface area contributed by atoms with Crippen LogP contribution in [0.4, 0.5) is 0 Å². The van der Waals surface area contributed by atoms with Gasteiger partial charge in [-0.05, 0) is 31.1 Å². The largest absolute Gasteiger partial charge is 0.349 e. The van der Waals surface area contributed by atoms with Gasteiger partial charge in [0, 0.05) is 25.8 Å². The fraction of sp³-hybridized carbons (Fsp3) is 0.571. The third-order valence-electron chi connectivity index (χ3n) is 2.99. The highest BCUT2D eigenvalue weighted by molar-refractivity contribution is 5.92. The molecule has 5 heteroatoms. The van der Waals surface area contributed by atoms with E-state index in [9.17, 15) is 4.79 Å². The second-order valence-corrected chi connectivity index (χ2v) is 4.45. The molecule has 0 bridgehead atoms. The van der Waals surface area contributed by atoms with Gasteiger partial charge in [-0.3, -0.25) is 9.78 Å². The molecule has 19 heavy (non-hydrogen) atoms. The van der Waals surface area contributed by atoms with Crippen LogP contribution >= 0.6 is 0 Å². The molecule has 1 heterocycles. The van der Waals surface area contributed by atoms with Gasteiger partial charge in [0.1, 0.15) is 5.69 Å². The van der Waals surface area contributed by atoms with Crippen LogP contribution in [0.1, 0.15) is 36.3 Å². The zero-order chi connectivity index (χ0) is 14.1. The minimum atomic E-state index is -0.129. The number of hydrogen-bond donors (Lipinski definition) is 2. The summed E-state index contributed by atoms with van der Waals surface area (Å²) in [5, 5.41) is 2.89. The lowest BCUT2D eigenvalue weighted by molar-refractivity contribution is 0.0943. The van der Waals surface area contributed by atoms with Crippen LogP contribution in [0.5, 0.6) is 0 Å². The van der Waals surface area contributed by atoms with Gasteiger partial charge in [-0.25, -0.2) is 0 Å². The third-order valence-corrected chi connectivity index (χ3v) is 2.99. The number of hydrogen-bond acceptors (Lipinski definition) is 4. The molecular formula is C14H24N4O. The number of pyridine rings is 1. The molecule has 0 radical (unpaired) electrons. The minimum absolute atomic E-state index is 0.129. The van der Waals surface area contributed by atoms with Crippen LogP contribution in [0.2, 0.25) is 0 Å². The summed E-state index contributed by atoms with van der Waals surface area (Å²) in [5.74, 6) is -0.129. The third kappa shape index (κ3) is 5.36. The van der Waals surface area contributed by atoms with E-state index in [-0.39, 0.29) is 5.91 Å². The Morgan fingerprint density at radius 2 is 2.16 bits per heavy atom. The van der Waals surface area contributed by atoms with Crippen molar-refractivity contribution in [2.75, 3.05) is 26.2 Å². The molecular weight excluding hydrogens is 240 g/mol. The highest BCUT2D eigenvalue weighted by Gasteiger charge is 2.07. The summed E-state index contributed by atoms with van der Waals surface area (Å²) in [6.07, 6.45) is 2.77. The van der Waals surface area contributed by atoms with Crippen LogP contribution < -0.4 is 11.1 Å². The lowest BCUT2D eigenvalue weighted by atomic mass is 10.2. The molecule has 5 nitrogen and oxygen atoms in total. The van der Waals surface area contributed by atoms with Gasteiger partial charge in [0.15, 0.2) is 0 Å². The lowest BCUT2D eigenvalue weighted by Gasteiger charge is -2.19. The molecule has 0 aliphatic rings. The van der Waals surface area contributed by atoms with Crippen molar-refractivity contribution in [3.05, 3.63) is 29.6 Å². The number of amides is 1. The number of carbonyl (C=O) groups excluding carboxylic acids is 1. The molecule has 0 aromatic carbocycles. The second-order valence-electron chi connectivity index (χ2n) is 4.45. The van der Waals surface area contributed by atoms with Gasteiger partial charge in [0.2, 0.25) is 0 Å². The fourth-order valence-corrected chi connectivity index (χ4v) is 1.84. The summed E-state index contributed by atoms with van der Waals surface area (Å²) in [7, 11) is 0. The second kappa shape index (κ2) is 8.61. The molecule has 0 saturated heterocycles. The van der Waals surface area contributed by atoms with E-state index in [1.54, 1.807) is 12.3 Å². The summed E-state index contributed by atoms with van der Waals surface area (Å²) in [4.78, 5) is 18.3. The van der Waals surface area contributed by atoms with Crippen molar-refractivity contribution in [2.45, 2.75) is 26.8 Å². The first-order chi connectivity index (χ1) is 9.21. The van der Waals surface area contributed by atoms with Crippen molar-refractivity contribution in [1.82, 2.24) is 15.2 Å². The maximum Gasteiger partial charge on any atom is 0.269 e. The Balaban J connectivity index is 2.37. The molecule has 3 N–H and O–H groups in total. The number of nitrogens with one attached hydrogen (secondary N) is 1. The van der Waals surface area contributed by atoms with E-state index >= 15 is 0 Å². The van der Waals surface area contributed by atoms with E-state index < -0.39 is 0 Å². The van der Waals surface area contributed by atoms with Gasteiger partial charge >= 0.3 is 0 Å². The Bertz CT molecular complexity index is 378. The monoisotopic (exact) mass is 264 g/mol.